The third-order valence-electron chi connectivity index (χ3n) is 7.79. The Morgan fingerprint density at radius 3 is 2.43 bits per heavy atom. The molecule has 190 valence electrons. The predicted molar refractivity (Wildman–Crippen MR) is 138 cm³/mol. The number of benzene rings is 2. The minimum atomic E-state index is -0.383. The molecule has 0 radical (unpaired) electrons. The first kappa shape index (κ1) is 24.7. The van der Waals surface area contributed by atoms with Crippen molar-refractivity contribution in [3.63, 3.8) is 0 Å². The number of esters is 1. The number of carbonyl (C=O) groups is 2. The van der Waals surface area contributed by atoms with Crippen molar-refractivity contribution in [2.45, 2.75) is 57.3 Å². The lowest BCUT2D eigenvalue weighted by Crippen LogP contribution is -2.38. The predicted octanol–water partition coefficient (Wildman–Crippen LogP) is 4.65. The van der Waals surface area contributed by atoms with E-state index in [1.165, 1.54) is 24.7 Å². The molecule has 2 aromatic carbocycles. The lowest BCUT2D eigenvalue weighted by Gasteiger charge is -2.33. The highest BCUT2D eigenvalue weighted by Gasteiger charge is 2.29. The van der Waals surface area contributed by atoms with Crippen LogP contribution >= 0.6 is 0 Å². The molecule has 5 rings (SSSR count). The van der Waals surface area contributed by atoms with E-state index in [9.17, 15) is 9.59 Å². The smallest absolute Gasteiger partial charge is 0.313 e. The summed E-state index contributed by atoms with van der Waals surface area (Å²) in [6.07, 6.45) is 5.24. The molecule has 1 aliphatic heterocycles. The highest BCUT2D eigenvalue weighted by molar-refractivity contribution is 5.97. The summed E-state index contributed by atoms with van der Waals surface area (Å²) in [5, 5.41) is 17.5. The molecule has 1 aliphatic carbocycles. The number of aryl methyl sites for hydroxylation is 1. The summed E-state index contributed by atoms with van der Waals surface area (Å²) in [6.45, 7) is 3.38. The molecule has 0 spiro atoms. The zero-order valence-corrected chi connectivity index (χ0v) is 21.3. The second-order valence-corrected chi connectivity index (χ2v) is 10.1. The Morgan fingerprint density at radius 1 is 1.08 bits per heavy atom. The number of amides is 1. The van der Waals surface area contributed by atoms with Crippen molar-refractivity contribution in [2.24, 2.45) is 0 Å². The first-order chi connectivity index (χ1) is 18.0. The molecule has 8 nitrogen and oxygen atoms in total. The van der Waals surface area contributed by atoms with Gasteiger partial charge in [-0.2, -0.15) is 5.26 Å². The normalized spacial score (nSPS) is 16.2. The van der Waals surface area contributed by atoms with Crippen LogP contribution in [-0.4, -0.2) is 52.2 Å². The highest BCUT2D eigenvalue weighted by Crippen LogP contribution is 2.42. The van der Waals surface area contributed by atoms with Crippen LogP contribution in [0.25, 0.3) is 11.4 Å². The number of ether oxygens (including phenoxy) is 1. The summed E-state index contributed by atoms with van der Waals surface area (Å²) in [6, 6.07) is 14.0. The second kappa shape index (κ2) is 10.6. The van der Waals surface area contributed by atoms with Crippen LogP contribution in [-0.2, 0) is 16.0 Å². The number of nitrogens with zero attached hydrogens (tertiary/aromatic N) is 4. The molecule has 1 saturated carbocycles. The number of methoxy groups -OCH3 is 1. The van der Waals surface area contributed by atoms with Gasteiger partial charge in [-0.1, -0.05) is 24.6 Å². The number of carbonyl (C=O) groups excluding carboxylic acids is 2. The van der Waals surface area contributed by atoms with Crippen LogP contribution in [0.15, 0.2) is 36.4 Å². The van der Waals surface area contributed by atoms with E-state index in [0.717, 1.165) is 36.8 Å². The van der Waals surface area contributed by atoms with Crippen molar-refractivity contribution in [2.75, 3.05) is 20.2 Å². The quantitative estimate of drug-likeness (QED) is 0.496. The van der Waals surface area contributed by atoms with Crippen molar-refractivity contribution in [1.82, 2.24) is 20.1 Å². The topological polar surface area (TPSA) is 112 Å². The van der Waals surface area contributed by atoms with Crippen LogP contribution < -0.4 is 0 Å². The Kier molecular flexibility index (Phi) is 7.04. The molecule has 1 aromatic heterocycles. The fourth-order valence-corrected chi connectivity index (χ4v) is 5.35. The number of H-pyrrole nitrogens is 1. The SMILES string of the molecule is COC(=O)Cc1nnc(-c2cc(C(=O)N3CCC(c4ccc(C#N)cc4)CC3)c(C)cc2C2CCC2)[nH]1. The van der Waals surface area contributed by atoms with E-state index in [1.807, 2.05) is 42.2 Å². The first-order valence-corrected chi connectivity index (χ1v) is 12.9. The Labute approximate surface area is 216 Å². The van der Waals surface area contributed by atoms with Gasteiger partial charge in [0.15, 0.2) is 5.82 Å². The van der Waals surface area contributed by atoms with Crippen LogP contribution in [0.3, 0.4) is 0 Å². The first-order valence-electron chi connectivity index (χ1n) is 12.9. The maximum Gasteiger partial charge on any atom is 0.313 e. The van der Waals surface area contributed by atoms with Crippen LogP contribution in [0.2, 0.25) is 0 Å². The van der Waals surface area contributed by atoms with E-state index >= 15 is 0 Å². The number of aromatic amines is 1. The van der Waals surface area contributed by atoms with Gasteiger partial charge < -0.3 is 14.6 Å². The molecule has 2 aliphatic rings. The number of likely N-dealkylation sites (tertiary alicyclic amines) is 1. The molecule has 1 N–H and O–H groups in total. The van der Waals surface area contributed by atoms with Gasteiger partial charge in [0.25, 0.3) is 5.91 Å². The molecular formula is C29H31N5O3. The van der Waals surface area contributed by atoms with Crippen molar-refractivity contribution >= 4 is 11.9 Å². The van der Waals surface area contributed by atoms with Gasteiger partial charge in [0, 0.05) is 24.2 Å². The Balaban J connectivity index is 1.37. The van der Waals surface area contributed by atoms with Crippen molar-refractivity contribution in [1.29, 1.82) is 5.26 Å². The van der Waals surface area contributed by atoms with E-state index in [2.05, 4.69) is 27.3 Å². The lowest BCUT2D eigenvalue weighted by atomic mass is 9.77. The van der Waals surface area contributed by atoms with Gasteiger partial charge in [-0.25, -0.2) is 0 Å². The van der Waals surface area contributed by atoms with Crippen LogP contribution in [0.4, 0.5) is 0 Å². The minimum absolute atomic E-state index is 0.0219. The van der Waals surface area contributed by atoms with Gasteiger partial charge in [-0.3, -0.25) is 9.59 Å². The fourth-order valence-electron chi connectivity index (χ4n) is 5.35. The number of hydrogen-bond acceptors (Lipinski definition) is 6. The van der Waals surface area contributed by atoms with E-state index in [-0.39, 0.29) is 18.3 Å². The van der Waals surface area contributed by atoms with Crippen molar-refractivity contribution in [3.8, 4) is 17.5 Å². The second-order valence-electron chi connectivity index (χ2n) is 10.1. The van der Waals surface area contributed by atoms with Crippen molar-refractivity contribution < 1.29 is 14.3 Å². The van der Waals surface area contributed by atoms with Crippen molar-refractivity contribution in [3.05, 3.63) is 70.0 Å². The number of aromatic nitrogens is 3. The van der Waals surface area contributed by atoms with Gasteiger partial charge in [0.1, 0.15) is 12.2 Å². The van der Waals surface area contributed by atoms with Gasteiger partial charge >= 0.3 is 5.97 Å². The summed E-state index contributed by atoms with van der Waals surface area (Å²) >= 11 is 0. The average molecular weight is 498 g/mol. The lowest BCUT2D eigenvalue weighted by molar-refractivity contribution is -0.139. The minimum Gasteiger partial charge on any atom is -0.469 e. The molecule has 37 heavy (non-hydrogen) atoms. The van der Waals surface area contributed by atoms with Crippen LogP contribution in [0, 0.1) is 18.3 Å². The number of piperidine rings is 1. The fraction of sp³-hybridized carbons (Fsp3) is 0.414. The third kappa shape index (κ3) is 5.12. The largest absolute Gasteiger partial charge is 0.469 e. The third-order valence-corrected chi connectivity index (χ3v) is 7.79. The Hall–Kier alpha value is -3.99. The van der Waals surface area contributed by atoms with Crippen LogP contribution in [0.1, 0.15) is 82.4 Å². The number of hydrogen-bond donors (Lipinski definition) is 1. The molecule has 0 unspecified atom stereocenters. The average Bonchev–Trinajstić information content (AvgIpc) is 3.35. The monoisotopic (exact) mass is 497 g/mol. The van der Waals surface area contributed by atoms with E-state index in [4.69, 9.17) is 10.00 Å². The number of nitriles is 1. The maximum atomic E-state index is 13.7. The summed E-state index contributed by atoms with van der Waals surface area (Å²) < 4.78 is 4.75. The molecule has 2 fully saturated rings. The van der Waals surface area contributed by atoms with E-state index < -0.39 is 0 Å². The molecule has 2 heterocycles. The Morgan fingerprint density at radius 2 is 1.81 bits per heavy atom. The molecule has 8 heteroatoms. The van der Waals surface area contributed by atoms with Gasteiger partial charge in [0.2, 0.25) is 0 Å². The number of rotatable bonds is 6. The van der Waals surface area contributed by atoms with Gasteiger partial charge in [-0.05, 0) is 79.3 Å². The molecule has 1 saturated heterocycles. The van der Waals surface area contributed by atoms with Gasteiger partial charge in [0.05, 0.1) is 18.7 Å². The standard InChI is InChI=1S/C29H31N5O3/c1-18-14-24(22-4-3-5-22)25(28-31-26(32-33-28)16-27(35)37-2)15-23(18)29(36)34-12-10-21(11-13-34)20-8-6-19(17-30)7-9-20/h6-9,14-15,21-22H,3-5,10-13,16H2,1-2H3,(H,31,32,33). The summed E-state index contributed by atoms with van der Waals surface area (Å²) in [7, 11) is 1.35. The van der Waals surface area contributed by atoms with E-state index in [0.29, 0.717) is 47.7 Å². The maximum absolute atomic E-state index is 13.7. The molecule has 0 bridgehead atoms. The zero-order valence-electron chi connectivity index (χ0n) is 21.3. The zero-order chi connectivity index (χ0) is 25.9. The number of nitrogens with one attached hydrogen (secondary N) is 1. The molecule has 0 atom stereocenters. The summed E-state index contributed by atoms with van der Waals surface area (Å²) in [4.78, 5) is 30.5. The molecular weight excluding hydrogens is 466 g/mol. The Bertz CT molecular complexity index is 1340. The van der Waals surface area contributed by atoms with Gasteiger partial charge in [-0.15, -0.1) is 10.2 Å². The molecule has 1 amide bonds. The van der Waals surface area contributed by atoms with Crippen LogP contribution in [0.5, 0.6) is 0 Å². The summed E-state index contributed by atoms with van der Waals surface area (Å²) in [5.74, 6) is 1.50. The summed E-state index contributed by atoms with van der Waals surface area (Å²) in [5.41, 5.74) is 5.61. The molecule has 3 aromatic rings. The highest BCUT2D eigenvalue weighted by atomic mass is 16.5. The van der Waals surface area contributed by atoms with E-state index in [1.54, 1.807) is 0 Å².